The van der Waals surface area contributed by atoms with Crippen LogP contribution < -0.4 is 10.6 Å². The van der Waals surface area contributed by atoms with Gasteiger partial charge in [0.15, 0.2) is 0 Å². The van der Waals surface area contributed by atoms with Crippen molar-refractivity contribution in [2.75, 3.05) is 13.1 Å². The van der Waals surface area contributed by atoms with Crippen LogP contribution in [0.25, 0.3) is 0 Å². The second-order valence-corrected chi connectivity index (χ2v) is 4.55. The van der Waals surface area contributed by atoms with Gasteiger partial charge in [-0.3, -0.25) is 4.79 Å². The van der Waals surface area contributed by atoms with E-state index in [0.29, 0.717) is 12.5 Å². The fourth-order valence-corrected chi connectivity index (χ4v) is 2.33. The standard InChI is InChI=1S/C10H14N2OS/c13-10(6-9-2-1-5-14-9)12-8-3-4-11-7-8/h1-2,5,8,11H,3-4,6-7H2,(H,12,13)/t8-/m1/s1. The fraction of sp³-hybridized carbons (Fsp3) is 0.500. The van der Waals surface area contributed by atoms with Crippen LogP contribution >= 0.6 is 11.3 Å². The van der Waals surface area contributed by atoms with Crippen LogP contribution in [0.3, 0.4) is 0 Å². The minimum Gasteiger partial charge on any atom is -0.352 e. The van der Waals surface area contributed by atoms with Crippen LogP contribution in [0.5, 0.6) is 0 Å². The number of amides is 1. The van der Waals surface area contributed by atoms with Gasteiger partial charge in [0.2, 0.25) is 5.91 Å². The Labute approximate surface area is 87.5 Å². The Kier molecular flexibility index (Phi) is 3.16. The molecule has 0 spiro atoms. The number of hydrogen-bond donors (Lipinski definition) is 2. The number of hydrogen-bond acceptors (Lipinski definition) is 3. The van der Waals surface area contributed by atoms with Crippen LogP contribution in [-0.4, -0.2) is 25.0 Å². The molecule has 1 aromatic rings. The smallest absolute Gasteiger partial charge is 0.225 e. The van der Waals surface area contributed by atoms with Gasteiger partial charge in [-0.2, -0.15) is 0 Å². The second kappa shape index (κ2) is 4.57. The first-order valence-electron chi connectivity index (χ1n) is 4.87. The molecule has 14 heavy (non-hydrogen) atoms. The van der Waals surface area contributed by atoms with E-state index in [0.717, 1.165) is 24.4 Å². The molecule has 3 nitrogen and oxygen atoms in total. The molecule has 0 unspecified atom stereocenters. The zero-order valence-electron chi connectivity index (χ0n) is 7.95. The van der Waals surface area contributed by atoms with Gasteiger partial charge in [-0.15, -0.1) is 11.3 Å². The lowest BCUT2D eigenvalue weighted by Crippen LogP contribution is -2.36. The molecule has 1 aliphatic rings. The molecule has 0 saturated carbocycles. The van der Waals surface area contributed by atoms with Crippen molar-refractivity contribution >= 4 is 17.2 Å². The average molecular weight is 210 g/mol. The van der Waals surface area contributed by atoms with E-state index in [1.54, 1.807) is 11.3 Å². The number of carbonyl (C=O) groups is 1. The van der Waals surface area contributed by atoms with Crippen molar-refractivity contribution in [1.82, 2.24) is 10.6 Å². The normalized spacial score (nSPS) is 21.0. The molecular formula is C10H14N2OS. The Hall–Kier alpha value is -0.870. The molecule has 2 heterocycles. The van der Waals surface area contributed by atoms with Gasteiger partial charge in [0.1, 0.15) is 0 Å². The van der Waals surface area contributed by atoms with Gasteiger partial charge in [-0.25, -0.2) is 0 Å². The average Bonchev–Trinajstić information content (AvgIpc) is 2.76. The highest BCUT2D eigenvalue weighted by molar-refractivity contribution is 7.10. The first-order chi connectivity index (χ1) is 6.84. The minimum atomic E-state index is 0.140. The van der Waals surface area contributed by atoms with Crippen LogP contribution in [0.1, 0.15) is 11.3 Å². The van der Waals surface area contributed by atoms with Gasteiger partial charge in [0.05, 0.1) is 6.42 Å². The molecule has 1 amide bonds. The highest BCUT2D eigenvalue weighted by Crippen LogP contribution is 2.09. The van der Waals surface area contributed by atoms with E-state index in [2.05, 4.69) is 10.6 Å². The zero-order valence-corrected chi connectivity index (χ0v) is 8.77. The number of carbonyl (C=O) groups excluding carboxylic acids is 1. The summed E-state index contributed by atoms with van der Waals surface area (Å²) in [7, 11) is 0. The van der Waals surface area contributed by atoms with Crippen molar-refractivity contribution in [2.45, 2.75) is 18.9 Å². The predicted octanol–water partition coefficient (Wildman–Crippen LogP) is 0.769. The molecule has 1 saturated heterocycles. The van der Waals surface area contributed by atoms with E-state index in [-0.39, 0.29) is 5.91 Å². The summed E-state index contributed by atoms with van der Waals surface area (Å²) < 4.78 is 0. The van der Waals surface area contributed by atoms with Gasteiger partial charge in [0.25, 0.3) is 0 Å². The number of nitrogens with one attached hydrogen (secondary N) is 2. The molecule has 2 rings (SSSR count). The summed E-state index contributed by atoms with van der Waals surface area (Å²) in [6.45, 7) is 1.93. The third-order valence-electron chi connectivity index (χ3n) is 2.34. The van der Waals surface area contributed by atoms with E-state index in [1.807, 2.05) is 17.5 Å². The van der Waals surface area contributed by atoms with Crippen molar-refractivity contribution in [3.63, 3.8) is 0 Å². The first kappa shape index (κ1) is 9.68. The molecule has 1 aromatic heterocycles. The van der Waals surface area contributed by atoms with Crippen LogP contribution in [0.4, 0.5) is 0 Å². The van der Waals surface area contributed by atoms with Crippen molar-refractivity contribution in [2.24, 2.45) is 0 Å². The third kappa shape index (κ3) is 2.56. The van der Waals surface area contributed by atoms with Crippen LogP contribution in [0.15, 0.2) is 17.5 Å². The van der Waals surface area contributed by atoms with E-state index in [1.165, 1.54) is 0 Å². The monoisotopic (exact) mass is 210 g/mol. The van der Waals surface area contributed by atoms with Crippen molar-refractivity contribution in [3.8, 4) is 0 Å². The SMILES string of the molecule is O=C(Cc1cccs1)N[C@@H]1CCNC1. The quantitative estimate of drug-likeness (QED) is 0.773. The maximum atomic E-state index is 11.5. The second-order valence-electron chi connectivity index (χ2n) is 3.51. The van der Waals surface area contributed by atoms with Crippen molar-refractivity contribution in [1.29, 1.82) is 0 Å². The molecule has 1 atom stereocenters. The van der Waals surface area contributed by atoms with Gasteiger partial charge >= 0.3 is 0 Å². The lowest BCUT2D eigenvalue weighted by Gasteiger charge is -2.10. The van der Waals surface area contributed by atoms with Gasteiger partial charge < -0.3 is 10.6 Å². The Morgan fingerprint density at radius 2 is 2.64 bits per heavy atom. The molecule has 0 aromatic carbocycles. The first-order valence-corrected chi connectivity index (χ1v) is 5.75. The highest BCUT2D eigenvalue weighted by atomic mass is 32.1. The van der Waals surface area contributed by atoms with Gasteiger partial charge in [-0.05, 0) is 24.4 Å². The molecule has 0 bridgehead atoms. The molecule has 0 radical (unpaired) electrons. The third-order valence-corrected chi connectivity index (χ3v) is 3.22. The molecule has 2 N–H and O–H groups in total. The fourth-order valence-electron chi connectivity index (χ4n) is 1.63. The van der Waals surface area contributed by atoms with Crippen LogP contribution in [-0.2, 0) is 11.2 Å². The zero-order chi connectivity index (χ0) is 9.80. The summed E-state index contributed by atoms with van der Waals surface area (Å²) in [6.07, 6.45) is 1.57. The minimum absolute atomic E-state index is 0.140. The molecule has 76 valence electrons. The van der Waals surface area contributed by atoms with E-state index < -0.39 is 0 Å². The maximum Gasteiger partial charge on any atom is 0.225 e. The van der Waals surface area contributed by atoms with E-state index in [4.69, 9.17) is 0 Å². The summed E-state index contributed by atoms with van der Waals surface area (Å²) in [5, 5.41) is 8.25. The maximum absolute atomic E-state index is 11.5. The van der Waals surface area contributed by atoms with Crippen molar-refractivity contribution < 1.29 is 4.79 Å². The Morgan fingerprint density at radius 1 is 1.71 bits per heavy atom. The van der Waals surface area contributed by atoms with E-state index >= 15 is 0 Å². The Morgan fingerprint density at radius 3 is 3.29 bits per heavy atom. The largest absolute Gasteiger partial charge is 0.352 e. The van der Waals surface area contributed by atoms with Gasteiger partial charge in [-0.1, -0.05) is 6.07 Å². The molecular weight excluding hydrogens is 196 g/mol. The molecule has 4 heteroatoms. The lowest BCUT2D eigenvalue weighted by molar-refractivity contribution is -0.120. The topological polar surface area (TPSA) is 41.1 Å². The Balaban J connectivity index is 1.78. The van der Waals surface area contributed by atoms with Crippen LogP contribution in [0.2, 0.25) is 0 Å². The number of thiophene rings is 1. The molecule has 1 aliphatic heterocycles. The summed E-state index contributed by atoms with van der Waals surface area (Å²) in [5.41, 5.74) is 0. The highest BCUT2D eigenvalue weighted by Gasteiger charge is 2.16. The van der Waals surface area contributed by atoms with Crippen LogP contribution in [0, 0.1) is 0 Å². The Bertz CT molecular complexity index is 291. The van der Waals surface area contributed by atoms with Gasteiger partial charge in [0, 0.05) is 17.5 Å². The molecule has 1 fully saturated rings. The molecule has 0 aliphatic carbocycles. The summed E-state index contributed by atoms with van der Waals surface area (Å²) in [6, 6.07) is 4.31. The van der Waals surface area contributed by atoms with E-state index in [9.17, 15) is 4.79 Å². The summed E-state index contributed by atoms with van der Waals surface area (Å²) >= 11 is 1.63. The van der Waals surface area contributed by atoms with Crippen molar-refractivity contribution in [3.05, 3.63) is 22.4 Å². The summed E-state index contributed by atoms with van der Waals surface area (Å²) in [4.78, 5) is 12.7. The predicted molar refractivity (Wildman–Crippen MR) is 57.4 cm³/mol. The summed E-state index contributed by atoms with van der Waals surface area (Å²) in [5.74, 6) is 0.140. The lowest BCUT2D eigenvalue weighted by atomic mass is 10.2. The number of rotatable bonds is 3.